The van der Waals surface area contributed by atoms with Gasteiger partial charge in [0.05, 0.1) is 41.7 Å². The lowest BCUT2D eigenvalue weighted by molar-refractivity contribution is -0.661. The van der Waals surface area contributed by atoms with Crippen LogP contribution >= 0.6 is 11.6 Å². The molecule has 0 aromatic heterocycles. The van der Waals surface area contributed by atoms with Crippen molar-refractivity contribution in [3.63, 3.8) is 0 Å². The van der Waals surface area contributed by atoms with Gasteiger partial charge >= 0.3 is 6.18 Å². The zero-order valence-electron chi connectivity index (χ0n) is 10.3. The Morgan fingerprint density at radius 3 is 2.35 bits per heavy atom. The van der Waals surface area contributed by atoms with E-state index in [2.05, 4.69) is 0 Å². The molecule has 2 N–H and O–H groups in total. The summed E-state index contributed by atoms with van der Waals surface area (Å²) in [6.07, 6.45) is -4.68. The first kappa shape index (κ1) is 15.6. The van der Waals surface area contributed by atoms with E-state index in [0.717, 1.165) is 12.1 Å². The Hall–Kier alpha value is -0.830. The van der Waals surface area contributed by atoms with Crippen LogP contribution in [0.2, 0.25) is 5.02 Å². The number of alkyl halides is 3. The zero-order valence-corrected chi connectivity index (χ0v) is 11.9. The van der Waals surface area contributed by atoms with Crippen molar-refractivity contribution >= 4 is 21.6 Å². The summed E-state index contributed by atoms with van der Waals surface area (Å²) in [6.45, 7) is 1.76. The third-order valence-corrected chi connectivity index (χ3v) is 5.27. The second kappa shape index (κ2) is 5.51. The van der Waals surface area contributed by atoms with Crippen LogP contribution in [0.4, 0.5) is 13.2 Å². The van der Waals surface area contributed by atoms with E-state index < -0.39 is 26.8 Å². The molecule has 1 fully saturated rings. The number of quaternary nitrogens is 1. The minimum atomic E-state index is -4.68. The number of benzene rings is 1. The molecule has 4 nitrogen and oxygen atoms in total. The number of nitrogens with zero attached hydrogens (tertiary/aromatic N) is 1. The summed E-state index contributed by atoms with van der Waals surface area (Å²) in [5.74, 6) is 0. The van der Waals surface area contributed by atoms with Crippen LogP contribution < -0.4 is 5.32 Å². The van der Waals surface area contributed by atoms with Crippen LogP contribution in [0.1, 0.15) is 5.56 Å². The summed E-state index contributed by atoms with van der Waals surface area (Å²) in [6, 6.07) is 2.66. The van der Waals surface area contributed by atoms with Gasteiger partial charge in [-0.2, -0.15) is 17.5 Å². The highest BCUT2D eigenvalue weighted by Gasteiger charge is 2.35. The lowest BCUT2D eigenvalue weighted by atomic mass is 10.2. The summed E-state index contributed by atoms with van der Waals surface area (Å²) >= 11 is 5.48. The topological polar surface area (TPSA) is 54.0 Å². The Morgan fingerprint density at radius 1 is 1.20 bits per heavy atom. The first-order valence-corrected chi connectivity index (χ1v) is 7.73. The Morgan fingerprint density at radius 2 is 1.80 bits per heavy atom. The molecule has 1 saturated heterocycles. The molecule has 0 unspecified atom stereocenters. The second-order valence-electron chi connectivity index (χ2n) is 4.41. The Bertz CT molecular complexity index is 598. The van der Waals surface area contributed by atoms with Gasteiger partial charge < -0.3 is 5.32 Å². The zero-order chi connectivity index (χ0) is 15.0. The maximum Gasteiger partial charge on any atom is 0.417 e. The molecule has 0 atom stereocenters. The SMILES string of the molecule is O=S(=O)(c1ccc(Cl)c(C(F)(F)F)c1)N1CC[NH2+]CC1. The minimum Gasteiger partial charge on any atom is -0.344 e. The van der Waals surface area contributed by atoms with E-state index in [4.69, 9.17) is 11.6 Å². The molecule has 0 spiro atoms. The fourth-order valence-corrected chi connectivity index (χ4v) is 3.72. The minimum absolute atomic E-state index is 0.284. The number of piperazine rings is 1. The van der Waals surface area contributed by atoms with E-state index in [1.165, 1.54) is 4.31 Å². The van der Waals surface area contributed by atoms with Crippen molar-refractivity contribution in [3.8, 4) is 0 Å². The van der Waals surface area contributed by atoms with Crippen LogP contribution in [-0.4, -0.2) is 38.9 Å². The fourth-order valence-electron chi connectivity index (χ4n) is 2.00. The van der Waals surface area contributed by atoms with Gasteiger partial charge in [0.1, 0.15) is 0 Å². The van der Waals surface area contributed by atoms with Crippen molar-refractivity contribution in [1.82, 2.24) is 4.31 Å². The molecule has 0 saturated carbocycles. The average Bonchev–Trinajstić information content (AvgIpc) is 2.38. The first-order valence-electron chi connectivity index (χ1n) is 5.91. The van der Waals surface area contributed by atoms with Gasteiger partial charge in [-0.25, -0.2) is 8.42 Å². The van der Waals surface area contributed by atoms with E-state index >= 15 is 0 Å². The van der Waals surface area contributed by atoms with Crippen LogP contribution in [0, 0.1) is 0 Å². The van der Waals surface area contributed by atoms with Crippen LogP contribution in [0.5, 0.6) is 0 Å². The molecule has 0 bridgehead atoms. The molecule has 0 radical (unpaired) electrons. The van der Waals surface area contributed by atoms with Crippen molar-refractivity contribution in [2.24, 2.45) is 0 Å². The predicted molar refractivity (Wildman–Crippen MR) is 66.9 cm³/mol. The van der Waals surface area contributed by atoms with Crippen LogP contribution in [0.25, 0.3) is 0 Å². The highest BCUT2D eigenvalue weighted by Crippen LogP contribution is 2.36. The predicted octanol–water partition coefficient (Wildman–Crippen LogP) is 0.927. The van der Waals surface area contributed by atoms with Crippen LogP contribution in [0.15, 0.2) is 23.1 Å². The average molecular weight is 330 g/mol. The normalized spacial score (nSPS) is 18.2. The van der Waals surface area contributed by atoms with E-state index in [9.17, 15) is 21.6 Å². The van der Waals surface area contributed by atoms with E-state index in [-0.39, 0.29) is 18.0 Å². The van der Waals surface area contributed by atoms with Gasteiger partial charge in [0.15, 0.2) is 0 Å². The maximum atomic E-state index is 12.8. The van der Waals surface area contributed by atoms with E-state index in [0.29, 0.717) is 19.2 Å². The van der Waals surface area contributed by atoms with Crippen LogP contribution in [0.3, 0.4) is 0 Å². The van der Waals surface area contributed by atoms with Gasteiger partial charge in [0.25, 0.3) is 0 Å². The fraction of sp³-hybridized carbons (Fsp3) is 0.455. The number of nitrogens with two attached hydrogens (primary N) is 1. The number of halogens is 4. The van der Waals surface area contributed by atoms with Crippen molar-refractivity contribution < 1.29 is 26.9 Å². The van der Waals surface area contributed by atoms with Gasteiger partial charge in [-0.05, 0) is 18.2 Å². The molecule has 0 amide bonds. The van der Waals surface area contributed by atoms with Gasteiger partial charge in [-0.1, -0.05) is 11.6 Å². The Balaban J connectivity index is 2.42. The largest absolute Gasteiger partial charge is 0.417 e. The molecule has 1 aromatic rings. The summed E-state index contributed by atoms with van der Waals surface area (Å²) in [4.78, 5) is -0.379. The van der Waals surface area contributed by atoms with Crippen molar-refractivity contribution in [2.45, 2.75) is 11.1 Å². The number of hydrogen-bond donors (Lipinski definition) is 1. The quantitative estimate of drug-likeness (QED) is 0.877. The summed E-state index contributed by atoms with van der Waals surface area (Å²) in [7, 11) is -3.91. The molecule has 1 aliphatic heterocycles. The van der Waals surface area contributed by atoms with Gasteiger partial charge in [0.2, 0.25) is 10.0 Å². The molecule has 112 valence electrons. The first-order chi connectivity index (χ1) is 9.23. The molecular weight excluding hydrogens is 317 g/mol. The second-order valence-corrected chi connectivity index (χ2v) is 6.75. The van der Waals surface area contributed by atoms with E-state index in [1.807, 2.05) is 5.32 Å². The third-order valence-electron chi connectivity index (χ3n) is 3.05. The molecule has 0 aliphatic carbocycles. The summed E-state index contributed by atoms with van der Waals surface area (Å²) in [5.41, 5.74) is -1.14. The standard InChI is InChI=1S/C11H12ClF3N2O2S/c12-10-2-1-8(7-9(10)11(13,14)15)20(18,19)17-5-3-16-4-6-17/h1-2,7,16H,3-6H2/p+1. The molecule has 20 heavy (non-hydrogen) atoms. The number of sulfonamides is 1. The third kappa shape index (κ3) is 3.08. The van der Waals surface area contributed by atoms with Gasteiger partial charge in [-0.3, -0.25) is 0 Å². The maximum absolute atomic E-state index is 12.8. The molecular formula is C11H13ClF3N2O2S+. The molecule has 1 aromatic carbocycles. The van der Waals surface area contributed by atoms with Gasteiger partial charge in [0, 0.05) is 0 Å². The molecule has 1 aliphatic rings. The molecule has 2 rings (SSSR count). The highest BCUT2D eigenvalue weighted by molar-refractivity contribution is 7.89. The lowest BCUT2D eigenvalue weighted by Crippen LogP contribution is -2.89. The highest BCUT2D eigenvalue weighted by atomic mass is 35.5. The monoisotopic (exact) mass is 329 g/mol. The summed E-state index contributed by atoms with van der Waals surface area (Å²) in [5, 5.41) is 1.44. The van der Waals surface area contributed by atoms with Gasteiger partial charge in [-0.15, -0.1) is 0 Å². The molecule has 1 heterocycles. The number of hydrogen-bond acceptors (Lipinski definition) is 2. The molecule has 9 heteroatoms. The van der Waals surface area contributed by atoms with Crippen molar-refractivity contribution in [2.75, 3.05) is 26.2 Å². The van der Waals surface area contributed by atoms with Crippen molar-refractivity contribution in [3.05, 3.63) is 28.8 Å². The summed E-state index contributed by atoms with van der Waals surface area (Å²) < 4.78 is 64.0. The van der Waals surface area contributed by atoms with E-state index in [1.54, 1.807) is 0 Å². The van der Waals surface area contributed by atoms with Crippen molar-refractivity contribution in [1.29, 1.82) is 0 Å². The lowest BCUT2D eigenvalue weighted by Gasteiger charge is -2.25. The number of rotatable bonds is 2. The smallest absolute Gasteiger partial charge is 0.344 e. The van der Waals surface area contributed by atoms with Crippen LogP contribution in [-0.2, 0) is 16.2 Å². The Labute approximate surface area is 119 Å². The Kier molecular flexibility index (Phi) is 4.29.